The van der Waals surface area contributed by atoms with Gasteiger partial charge in [-0.1, -0.05) is 11.6 Å². The zero-order chi connectivity index (χ0) is 7.84. The number of nitrogens with one attached hydrogen (secondary N) is 1. The van der Waals surface area contributed by atoms with Crippen molar-refractivity contribution in [2.75, 3.05) is 0 Å². The van der Waals surface area contributed by atoms with E-state index in [0.717, 1.165) is 6.07 Å². The van der Waals surface area contributed by atoms with Gasteiger partial charge in [0.15, 0.2) is 5.65 Å². The second-order valence-electron chi connectivity index (χ2n) is 2.06. The highest BCUT2D eigenvalue weighted by Crippen LogP contribution is 2.16. The molecule has 0 saturated carbocycles. The Bertz CT molecular complexity index is 398. The predicted octanol–water partition coefficient (Wildman–Crippen LogP) is 1.75. The number of H-pyrrole nitrogens is 1. The maximum atomic E-state index is 12.9. The summed E-state index contributed by atoms with van der Waals surface area (Å²) in [6, 6.07) is 1.15. The third-order valence-corrected chi connectivity index (χ3v) is 1.53. The van der Waals surface area contributed by atoms with E-state index >= 15 is 0 Å². The Labute approximate surface area is 66.2 Å². The average Bonchev–Trinajstić information content (AvgIpc) is 2.34. The normalized spacial score (nSPS) is 10.7. The van der Waals surface area contributed by atoms with Crippen LogP contribution >= 0.6 is 11.6 Å². The Kier molecular flexibility index (Phi) is 1.29. The lowest BCUT2D eigenvalue weighted by molar-refractivity contribution is 0.638. The molecule has 1 N–H and O–H groups in total. The van der Waals surface area contributed by atoms with Crippen molar-refractivity contribution in [3.8, 4) is 0 Å². The minimum atomic E-state index is -0.409. The molecule has 2 rings (SSSR count). The lowest BCUT2D eigenvalue weighted by Gasteiger charge is -1.90. The van der Waals surface area contributed by atoms with Crippen LogP contribution in [-0.2, 0) is 0 Å². The van der Waals surface area contributed by atoms with Crippen molar-refractivity contribution in [2.24, 2.45) is 0 Å². The maximum Gasteiger partial charge on any atom is 0.159 e. The second-order valence-corrected chi connectivity index (χ2v) is 2.45. The fraction of sp³-hybridized carbons (Fsp3) is 0. The summed E-state index contributed by atoms with van der Waals surface area (Å²) in [4.78, 5) is 3.80. The topological polar surface area (TPSA) is 41.6 Å². The number of rotatable bonds is 0. The van der Waals surface area contributed by atoms with Gasteiger partial charge in [-0.05, 0) is 0 Å². The van der Waals surface area contributed by atoms with Crippen molar-refractivity contribution < 1.29 is 4.39 Å². The standard InChI is InChI=1S/C6H3ClFN3/c7-5-1-4(8)3-2-9-11-6(3)10-5/h1-2H,(H,9,10,11). The summed E-state index contributed by atoms with van der Waals surface area (Å²) >= 11 is 5.48. The third kappa shape index (κ3) is 0.952. The van der Waals surface area contributed by atoms with Crippen LogP contribution < -0.4 is 0 Å². The lowest BCUT2D eigenvalue weighted by Crippen LogP contribution is -1.81. The smallest absolute Gasteiger partial charge is 0.159 e. The quantitative estimate of drug-likeness (QED) is 0.614. The van der Waals surface area contributed by atoms with Crippen molar-refractivity contribution in [1.29, 1.82) is 0 Å². The zero-order valence-electron chi connectivity index (χ0n) is 5.31. The molecular formula is C6H3ClFN3. The monoisotopic (exact) mass is 171 g/mol. The van der Waals surface area contributed by atoms with Crippen LogP contribution in [-0.4, -0.2) is 15.2 Å². The molecule has 0 spiro atoms. The van der Waals surface area contributed by atoms with E-state index in [0.29, 0.717) is 11.0 Å². The van der Waals surface area contributed by atoms with Crippen molar-refractivity contribution in [2.45, 2.75) is 0 Å². The number of hydrogen-bond donors (Lipinski definition) is 1. The number of aromatic amines is 1. The minimum Gasteiger partial charge on any atom is -0.261 e. The highest BCUT2D eigenvalue weighted by Gasteiger charge is 2.04. The number of pyridine rings is 1. The molecule has 11 heavy (non-hydrogen) atoms. The molecule has 0 saturated heterocycles. The van der Waals surface area contributed by atoms with Crippen LogP contribution in [0.15, 0.2) is 12.3 Å². The summed E-state index contributed by atoms with van der Waals surface area (Å²) in [6.07, 6.45) is 1.37. The van der Waals surface area contributed by atoms with Gasteiger partial charge in [-0.3, -0.25) is 5.10 Å². The van der Waals surface area contributed by atoms with Crippen LogP contribution in [0.3, 0.4) is 0 Å². The first kappa shape index (κ1) is 6.54. The van der Waals surface area contributed by atoms with Crippen LogP contribution in [0.1, 0.15) is 0 Å². The summed E-state index contributed by atoms with van der Waals surface area (Å²) in [6.45, 7) is 0. The van der Waals surface area contributed by atoms with Crippen LogP contribution in [0, 0.1) is 5.82 Å². The van der Waals surface area contributed by atoms with E-state index in [1.807, 2.05) is 0 Å². The van der Waals surface area contributed by atoms with Crippen LogP contribution in [0.5, 0.6) is 0 Å². The van der Waals surface area contributed by atoms with Gasteiger partial charge in [0.2, 0.25) is 0 Å². The van der Waals surface area contributed by atoms with Gasteiger partial charge in [0.05, 0.1) is 11.6 Å². The van der Waals surface area contributed by atoms with Crippen molar-refractivity contribution >= 4 is 22.6 Å². The fourth-order valence-electron chi connectivity index (χ4n) is 0.861. The molecule has 0 unspecified atom stereocenters. The summed E-state index contributed by atoms with van der Waals surface area (Å²) in [5.41, 5.74) is 0.370. The average molecular weight is 172 g/mol. The first-order valence-corrected chi connectivity index (χ1v) is 3.30. The first-order chi connectivity index (χ1) is 5.27. The molecule has 2 aromatic rings. The van der Waals surface area contributed by atoms with E-state index in [-0.39, 0.29) is 5.15 Å². The molecule has 0 aromatic carbocycles. The van der Waals surface area contributed by atoms with Crippen LogP contribution in [0.4, 0.5) is 4.39 Å². The molecule has 5 heteroatoms. The van der Waals surface area contributed by atoms with E-state index in [4.69, 9.17) is 11.6 Å². The van der Waals surface area contributed by atoms with E-state index in [9.17, 15) is 4.39 Å². The Morgan fingerprint density at radius 1 is 1.55 bits per heavy atom. The summed E-state index contributed by atoms with van der Waals surface area (Å²) in [5, 5.41) is 6.61. The second kappa shape index (κ2) is 2.17. The van der Waals surface area contributed by atoms with Crippen molar-refractivity contribution in [3.63, 3.8) is 0 Å². The summed E-state index contributed by atoms with van der Waals surface area (Å²) < 4.78 is 12.9. The molecule has 3 nitrogen and oxygen atoms in total. The van der Waals surface area contributed by atoms with Crippen molar-refractivity contribution in [3.05, 3.63) is 23.2 Å². The number of aromatic nitrogens is 3. The molecule has 0 radical (unpaired) electrons. The molecule has 0 amide bonds. The van der Waals surface area contributed by atoms with Gasteiger partial charge in [0.25, 0.3) is 0 Å². The molecule has 0 fully saturated rings. The van der Waals surface area contributed by atoms with E-state index < -0.39 is 5.82 Å². The van der Waals surface area contributed by atoms with Gasteiger partial charge in [0, 0.05) is 6.07 Å². The molecule has 56 valence electrons. The number of nitrogens with zero attached hydrogens (tertiary/aromatic N) is 2. The van der Waals surface area contributed by atoms with E-state index in [2.05, 4.69) is 15.2 Å². The summed E-state index contributed by atoms with van der Waals surface area (Å²) in [5.74, 6) is -0.409. The van der Waals surface area contributed by atoms with E-state index in [1.54, 1.807) is 0 Å². The number of hydrogen-bond acceptors (Lipinski definition) is 2. The Morgan fingerprint density at radius 2 is 2.36 bits per heavy atom. The van der Waals surface area contributed by atoms with E-state index in [1.165, 1.54) is 6.20 Å². The van der Waals surface area contributed by atoms with Gasteiger partial charge < -0.3 is 0 Å². The minimum absolute atomic E-state index is 0.124. The van der Waals surface area contributed by atoms with Gasteiger partial charge in [-0.15, -0.1) is 0 Å². The molecule has 0 aliphatic carbocycles. The zero-order valence-corrected chi connectivity index (χ0v) is 6.06. The molecule has 0 aliphatic rings. The Hall–Kier alpha value is -1.16. The molecule has 0 bridgehead atoms. The Morgan fingerprint density at radius 3 is 3.18 bits per heavy atom. The Balaban J connectivity index is 2.91. The van der Waals surface area contributed by atoms with Gasteiger partial charge in [0.1, 0.15) is 11.0 Å². The van der Waals surface area contributed by atoms with Crippen LogP contribution in [0.2, 0.25) is 5.15 Å². The molecule has 0 atom stereocenters. The molecule has 2 aromatic heterocycles. The molecular weight excluding hydrogens is 169 g/mol. The lowest BCUT2D eigenvalue weighted by atomic mass is 10.3. The number of fused-ring (bicyclic) bond motifs is 1. The fourth-order valence-corrected chi connectivity index (χ4v) is 1.04. The highest BCUT2D eigenvalue weighted by molar-refractivity contribution is 6.29. The summed E-state index contributed by atoms with van der Waals surface area (Å²) in [7, 11) is 0. The van der Waals surface area contributed by atoms with Gasteiger partial charge >= 0.3 is 0 Å². The highest BCUT2D eigenvalue weighted by atomic mass is 35.5. The number of halogens is 2. The molecule has 0 aliphatic heterocycles. The molecule has 2 heterocycles. The van der Waals surface area contributed by atoms with Crippen molar-refractivity contribution in [1.82, 2.24) is 15.2 Å². The first-order valence-electron chi connectivity index (χ1n) is 2.92. The van der Waals surface area contributed by atoms with Gasteiger partial charge in [-0.25, -0.2) is 9.37 Å². The van der Waals surface area contributed by atoms with Gasteiger partial charge in [-0.2, -0.15) is 5.10 Å². The maximum absolute atomic E-state index is 12.9. The SMILES string of the molecule is Fc1cc(Cl)nc2[nH]ncc12. The predicted molar refractivity (Wildman–Crippen MR) is 38.9 cm³/mol. The largest absolute Gasteiger partial charge is 0.261 e. The third-order valence-electron chi connectivity index (χ3n) is 1.34. The van der Waals surface area contributed by atoms with Crippen LogP contribution in [0.25, 0.3) is 11.0 Å².